The summed E-state index contributed by atoms with van der Waals surface area (Å²) in [7, 11) is 0. The van der Waals surface area contributed by atoms with Crippen molar-refractivity contribution in [1.29, 1.82) is 0 Å². The van der Waals surface area contributed by atoms with Crippen LogP contribution in [0.1, 0.15) is 34.8 Å². The van der Waals surface area contributed by atoms with E-state index >= 15 is 0 Å². The summed E-state index contributed by atoms with van der Waals surface area (Å²) < 4.78 is 43.1. The minimum Gasteiger partial charge on any atom is -0.475 e. The van der Waals surface area contributed by atoms with Crippen LogP contribution < -0.4 is 0 Å². The maximum absolute atomic E-state index is 10.6. The first-order valence-corrected chi connectivity index (χ1v) is 9.38. The van der Waals surface area contributed by atoms with Crippen molar-refractivity contribution in [3.8, 4) is 0 Å². The van der Waals surface area contributed by atoms with Crippen molar-refractivity contribution in [3.63, 3.8) is 0 Å². The number of likely N-dealkylation sites (tertiary alicyclic amines) is 1. The number of halogens is 3. The van der Waals surface area contributed by atoms with Crippen LogP contribution in [0.15, 0.2) is 10.0 Å². The fraction of sp³-hybridized carbons (Fsp3) is 0.625. The number of ether oxygens (including phenoxy) is 1. The summed E-state index contributed by atoms with van der Waals surface area (Å²) in [5.74, 6) is -0.886. The smallest absolute Gasteiger partial charge is 0.475 e. The average Bonchev–Trinajstić information content (AvgIpc) is 3.33. The minimum atomic E-state index is -5.08. The average molecular weight is 420 g/mol. The molecule has 2 aliphatic heterocycles. The van der Waals surface area contributed by atoms with Crippen molar-refractivity contribution >= 4 is 17.3 Å². The Balaban J connectivity index is 0.000000279. The molecule has 2 aliphatic rings. The van der Waals surface area contributed by atoms with Gasteiger partial charge in [-0.05, 0) is 20.3 Å². The molecule has 0 aliphatic carbocycles. The fourth-order valence-electron chi connectivity index (χ4n) is 3.26. The topological polar surface area (TPSA) is 102 Å². The predicted octanol–water partition coefficient (Wildman–Crippen LogP) is 2.74. The molecular weight excluding hydrogens is 401 g/mol. The largest absolute Gasteiger partial charge is 0.490 e. The molecule has 1 N–H and O–H groups in total. The molecule has 0 bridgehead atoms. The van der Waals surface area contributed by atoms with Crippen LogP contribution in [0.4, 0.5) is 13.2 Å². The van der Waals surface area contributed by atoms with Gasteiger partial charge in [-0.3, -0.25) is 4.90 Å². The number of rotatable bonds is 3. The van der Waals surface area contributed by atoms with Crippen LogP contribution in [0.5, 0.6) is 0 Å². The molecule has 2 saturated heterocycles. The molecule has 4 rings (SSSR count). The highest BCUT2D eigenvalue weighted by molar-refractivity contribution is 7.09. The van der Waals surface area contributed by atoms with E-state index in [2.05, 4.69) is 26.9 Å². The first kappa shape index (κ1) is 20.7. The van der Waals surface area contributed by atoms with Crippen molar-refractivity contribution in [2.45, 2.75) is 45.2 Å². The number of hydrogen-bond donors (Lipinski definition) is 1. The highest BCUT2D eigenvalue weighted by Crippen LogP contribution is 2.40. The van der Waals surface area contributed by atoms with Crippen molar-refractivity contribution in [1.82, 2.24) is 20.0 Å². The van der Waals surface area contributed by atoms with E-state index in [1.165, 1.54) is 4.88 Å². The third-order valence-electron chi connectivity index (χ3n) is 4.59. The predicted molar refractivity (Wildman–Crippen MR) is 90.6 cm³/mol. The van der Waals surface area contributed by atoms with Crippen LogP contribution in [0, 0.1) is 19.8 Å². The molecule has 0 unspecified atom stereocenters. The zero-order valence-electron chi connectivity index (χ0n) is 15.1. The molecule has 28 heavy (non-hydrogen) atoms. The SMILES string of the molecule is Cc1noc([C@@H]2C[C@H]3CN(Cc4scnc4C)C[C@H]3O2)n1.O=C(O)C(F)(F)F. The van der Waals surface area contributed by atoms with Gasteiger partial charge in [-0.2, -0.15) is 18.2 Å². The summed E-state index contributed by atoms with van der Waals surface area (Å²) >= 11 is 1.74. The second-order valence-electron chi connectivity index (χ2n) is 6.70. The number of nitrogens with zero attached hydrogens (tertiary/aromatic N) is 4. The number of carboxylic acids is 1. The van der Waals surface area contributed by atoms with Gasteiger partial charge in [-0.25, -0.2) is 9.78 Å². The van der Waals surface area contributed by atoms with E-state index in [0.29, 0.717) is 17.6 Å². The second-order valence-corrected chi connectivity index (χ2v) is 7.64. The maximum Gasteiger partial charge on any atom is 0.490 e. The zero-order chi connectivity index (χ0) is 20.5. The number of alkyl halides is 3. The molecule has 2 aromatic rings. The Bertz CT molecular complexity index is 811. The first-order valence-electron chi connectivity index (χ1n) is 8.50. The molecule has 154 valence electrons. The van der Waals surface area contributed by atoms with Gasteiger partial charge < -0.3 is 14.4 Å². The quantitative estimate of drug-likeness (QED) is 0.809. The van der Waals surface area contributed by atoms with Gasteiger partial charge in [0.2, 0.25) is 0 Å². The third-order valence-corrected chi connectivity index (χ3v) is 5.51. The van der Waals surface area contributed by atoms with Crippen molar-refractivity contribution < 1.29 is 32.3 Å². The number of aromatic nitrogens is 3. The van der Waals surface area contributed by atoms with E-state index in [1.54, 1.807) is 11.3 Å². The zero-order valence-corrected chi connectivity index (χ0v) is 16.0. The molecule has 8 nitrogen and oxygen atoms in total. The molecule has 0 radical (unpaired) electrons. The van der Waals surface area contributed by atoms with Crippen molar-refractivity contribution in [2.75, 3.05) is 13.1 Å². The fourth-order valence-corrected chi connectivity index (χ4v) is 4.08. The van der Waals surface area contributed by atoms with Crippen LogP contribution in [0.25, 0.3) is 0 Å². The van der Waals surface area contributed by atoms with Crippen molar-refractivity contribution in [3.05, 3.63) is 27.8 Å². The summed E-state index contributed by atoms with van der Waals surface area (Å²) in [6, 6.07) is 0. The molecule has 0 spiro atoms. The lowest BCUT2D eigenvalue weighted by molar-refractivity contribution is -0.192. The number of fused-ring (bicyclic) bond motifs is 1. The van der Waals surface area contributed by atoms with Gasteiger partial charge in [0.25, 0.3) is 5.89 Å². The molecule has 4 heterocycles. The summed E-state index contributed by atoms with van der Waals surface area (Å²) in [6.07, 6.45) is -3.84. The van der Waals surface area contributed by atoms with E-state index in [0.717, 1.165) is 31.7 Å². The lowest BCUT2D eigenvalue weighted by Gasteiger charge is -2.17. The monoisotopic (exact) mass is 420 g/mol. The molecule has 3 atom stereocenters. The lowest BCUT2D eigenvalue weighted by Crippen LogP contribution is -2.23. The Kier molecular flexibility index (Phi) is 6.01. The van der Waals surface area contributed by atoms with E-state index < -0.39 is 12.1 Å². The minimum absolute atomic E-state index is 0.0199. The number of carboxylic acid groups (broad SMARTS) is 1. The molecule has 0 saturated carbocycles. The van der Waals surface area contributed by atoms with Gasteiger partial charge in [-0.1, -0.05) is 5.16 Å². The van der Waals surface area contributed by atoms with E-state index in [1.807, 2.05) is 12.4 Å². The van der Waals surface area contributed by atoms with Crippen LogP contribution in [0.3, 0.4) is 0 Å². The summed E-state index contributed by atoms with van der Waals surface area (Å²) in [6.45, 7) is 6.95. The highest BCUT2D eigenvalue weighted by Gasteiger charge is 2.44. The van der Waals surface area contributed by atoms with Gasteiger partial charge in [0.05, 0.1) is 17.3 Å². The number of thiazole rings is 1. The van der Waals surface area contributed by atoms with Gasteiger partial charge in [0, 0.05) is 30.4 Å². The van der Waals surface area contributed by atoms with E-state index in [4.69, 9.17) is 19.2 Å². The third kappa shape index (κ3) is 4.86. The van der Waals surface area contributed by atoms with Crippen LogP contribution in [-0.4, -0.2) is 56.5 Å². The summed E-state index contributed by atoms with van der Waals surface area (Å²) in [4.78, 5) is 21.3. The van der Waals surface area contributed by atoms with E-state index in [9.17, 15) is 13.2 Å². The second kappa shape index (κ2) is 8.13. The Morgan fingerprint density at radius 3 is 2.61 bits per heavy atom. The molecule has 12 heteroatoms. The van der Waals surface area contributed by atoms with Crippen LogP contribution in [0.2, 0.25) is 0 Å². The van der Waals surface area contributed by atoms with Crippen LogP contribution in [-0.2, 0) is 16.1 Å². The lowest BCUT2D eigenvalue weighted by atomic mass is 10.0. The molecular formula is C16H19F3N4O4S. The molecule has 0 amide bonds. The highest BCUT2D eigenvalue weighted by atomic mass is 32.1. The first-order chi connectivity index (χ1) is 13.1. The van der Waals surface area contributed by atoms with Crippen molar-refractivity contribution in [2.24, 2.45) is 5.92 Å². The molecule has 2 aromatic heterocycles. The van der Waals surface area contributed by atoms with Gasteiger partial charge in [-0.15, -0.1) is 11.3 Å². The standard InChI is InChI=1S/C14H18N4O2S.C2HF3O2/c1-8-13(21-7-15-8)6-18-4-10-3-11(19-12(10)5-18)14-16-9(2)17-20-14;3-2(4,5)1(6)7/h7,10-12H,3-6H2,1-2H3;(H,6,7)/t10-,11-,12+;/m0./s1. The number of aliphatic carboxylic acids is 1. The maximum atomic E-state index is 10.6. The number of hydrogen-bond acceptors (Lipinski definition) is 8. The summed E-state index contributed by atoms with van der Waals surface area (Å²) in [5.41, 5.74) is 3.07. The number of aryl methyl sites for hydroxylation is 2. The van der Waals surface area contributed by atoms with E-state index in [-0.39, 0.29) is 12.2 Å². The summed E-state index contributed by atoms with van der Waals surface area (Å²) in [5, 5.41) is 11.0. The Labute approximate surface area is 162 Å². The Morgan fingerprint density at radius 1 is 1.39 bits per heavy atom. The normalized spacial score (nSPS) is 24.7. The van der Waals surface area contributed by atoms with Gasteiger partial charge in [0.1, 0.15) is 6.10 Å². The molecule has 2 fully saturated rings. The van der Waals surface area contributed by atoms with Gasteiger partial charge >= 0.3 is 12.1 Å². The Morgan fingerprint density at radius 2 is 2.11 bits per heavy atom. The van der Waals surface area contributed by atoms with Crippen LogP contribution >= 0.6 is 11.3 Å². The van der Waals surface area contributed by atoms with Gasteiger partial charge in [0.15, 0.2) is 5.82 Å². The Hall–Kier alpha value is -2.05. The molecule has 0 aromatic carbocycles. The number of carbonyl (C=O) groups is 1.